The van der Waals surface area contributed by atoms with Crippen molar-refractivity contribution in [3.05, 3.63) is 23.8 Å². The summed E-state index contributed by atoms with van der Waals surface area (Å²) in [6.45, 7) is 3.65. The topological polar surface area (TPSA) is 95.5 Å². The SMILES string of the molecule is CC[C@H](C)[C@H](NC(=O)c1ccc2c(c1)NC(=O)CS2)C(=O)O. The predicted octanol–water partition coefficient (Wildman–Crippen LogP) is 1.96. The number of hydrogen-bond donors (Lipinski definition) is 3. The third kappa shape index (κ3) is 3.59. The molecule has 1 aromatic carbocycles. The smallest absolute Gasteiger partial charge is 0.326 e. The Hall–Kier alpha value is -2.02. The molecule has 7 heteroatoms. The molecule has 0 aliphatic carbocycles. The predicted molar refractivity (Wildman–Crippen MR) is 84.1 cm³/mol. The van der Waals surface area contributed by atoms with E-state index in [1.165, 1.54) is 11.8 Å². The van der Waals surface area contributed by atoms with Crippen LogP contribution in [0, 0.1) is 5.92 Å². The van der Waals surface area contributed by atoms with Crippen LogP contribution in [0.2, 0.25) is 0 Å². The zero-order chi connectivity index (χ0) is 16.3. The number of carboxylic acids is 1. The molecular formula is C15H18N2O4S. The molecule has 0 spiro atoms. The fourth-order valence-corrected chi connectivity index (χ4v) is 2.92. The Balaban J connectivity index is 2.17. The van der Waals surface area contributed by atoms with Crippen LogP contribution >= 0.6 is 11.8 Å². The molecule has 0 bridgehead atoms. The van der Waals surface area contributed by atoms with Crippen LogP contribution < -0.4 is 10.6 Å². The van der Waals surface area contributed by atoms with Crippen molar-refractivity contribution in [3.63, 3.8) is 0 Å². The van der Waals surface area contributed by atoms with Crippen molar-refractivity contribution in [2.24, 2.45) is 5.92 Å². The van der Waals surface area contributed by atoms with Gasteiger partial charge in [0.1, 0.15) is 6.04 Å². The van der Waals surface area contributed by atoms with Crippen LogP contribution in [-0.4, -0.2) is 34.7 Å². The van der Waals surface area contributed by atoms with Gasteiger partial charge in [0.2, 0.25) is 5.91 Å². The van der Waals surface area contributed by atoms with Gasteiger partial charge < -0.3 is 15.7 Å². The fraction of sp³-hybridized carbons (Fsp3) is 0.400. The van der Waals surface area contributed by atoms with Crippen LogP contribution in [0.3, 0.4) is 0 Å². The second-order valence-corrected chi connectivity index (χ2v) is 6.24. The van der Waals surface area contributed by atoms with Crippen molar-refractivity contribution < 1.29 is 19.5 Å². The zero-order valence-electron chi connectivity index (χ0n) is 12.4. The monoisotopic (exact) mass is 322 g/mol. The minimum absolute atomic E-state index is 0.113. The Morgan fingerprint density at radius 3 is 2.82 bits per heavy atom. The number of amides is 2. The van der Waals surface area contributed by atoms with Crippen LogP contribution in [0.25, 0.3) is 0 Å². The Labute approximate surface area is 132 Å². The van der Waals surface area contributed by atoms with Gasteiger partial charge in [-0.15, -0.1) is 11.8 Å². The van der Waals surface area contributed by atoms with Crippen LogP contribution in [0.15, 0.2) is 23.1 Å². The summed E-state index contributed by atoms with van der Waals surface area (Å²) in [5, 5.41) is 14.5. The molecule has 2 amide bonds. The summed E-state index contributed by atoms with van der Waals surface area (Å²) in [5.74, 6) is -1.44. The minimum atomic E-state index is -1.05. The molecule has 22 heavy (non-hydrogen) atoms. The average molecular weight is 322 g/mol. The third-order valence-electron chi connectivity index (χ3n) is 3.64. The standard InChI is InChI=1S/C15H18N2O4S/c1-3-8(2)13(15(20)21)17-14(19)9-4-5-11-10(6-9)16-12(18)7-22-11/h4-6,8,13H,3,7H2,1-2H3,(H,16,18)(H,17,19)(H,20,21)/t8-,13-/m0/s1. The summed E-state index contributed by atoms with van der Waals surface area (Å²) in [6, 6.07) is 4.03. The van der Waals surface area contributed by atoms with Gasteiger partial charge in [-0.3, -0.25) is 9.59 Å². The molecule has 2 atom stereocenters. The van der Waals surface area contributed by atoms with E-state index >= 15 is 0 Å². The number of nitrogens with one attached hydrogen (secondary N) is 2. The van der Waals surface area contributed by atoms with E-state index < -0.39 is 17.9 Å². The number of carboxylic acid groups (broad SMARTS) is 1. The van der Waals surface area contributed by atoms with Crippen molar-refractivity contribution in [2.45, 2.75) is 31.2 Å². The van der Waals surface area contributed by atoms with Gasteiger partial charge in [0.15, 0.2) is 0 Å². The maximum Gasteiger partial charge on any atom is 0.326 e. The quantitative estimate of drug-likeness (QED) is 0.770. The first-order valence-corrected chi connectivity index (χ1v) is 8.01. The third-order valence-corrected chi connectivity index (χ3v) is 4.71. The highest BCUT2D eigenvalue weighted by Gasteiger charge is 2.26. The first-order valence-electron chi connectivity index (χ1n) is 7.02. The number of hydrogen-bond acceptors (Lipinski definition) is 4. The molecule has 1 aliphatic rings. The van der Waals surface area contributed by atoms with Crippen LogP contribution in [0.1, 0.15) is 30.6 Å². The van der Waals surface area contributed by atoms with E-state index in [2.05, 4.69) is 10.6 Å². The van der Waals surface area contributed by atoms with Gasteiger partial charge in [0, 0.05) is 10.5 Å². The molecule has 0 aromatic heterocycles. The Bertz CT molecular complexity index is 618. The maximum absolute atomic E-state index is 12.3. The summed E-state index contributed by atoms with van der Waals surface area (Å²) >= 11 is 1.41. The molecule has 6 nitrogen and oxygen atoms in total. The van der Waals surface area contributed by atoms with Crippen molar-refractivity contribution >= 4 is 35.2 Å². The van der Waals surface area contributed by atoms with Crippen molar-refractivity contribution in [3.8, 4) is 0 Å². The van der Waals surface area contributed by atoms with Gasteiger partial charge in [-0.05, 0) is 24.1 Å². The molecule has 0 fully saturated rings. The highest BCUT2D eigenvalue weighted by atomic mass is 32.2. The van der Waals surface area contributed by atoms with Gasteiger partial charge in [0.05, 0.1) is 11.4 Å². The molecule has 2 rings (SSSR count). The highest BCUT2D eigenvalue weighted by molar-refractivity contribution is 8.00. The number of thioether (sulfide) groups is 1. The molecular weight excluding hydrogens is 304 g/mol. The van der Waals surface area contributed by atoms with Crippen LogP contribution in [0.4, 0.5) is 5.69 Å². The number of aliphatic carboxylic acids is 1. The minimum Gasteiger partial charge on any atom is -0.480 e. The summed E-state index contributed by atoms with van der Waals surface area (Å²) in [6.07, 6.45) is 0.647. The molecule has 1 aromatic rings. The fourth-order valence-electron chi connectivity index (χ4n) is 2.13. The molecule has 0 unspecified atom stereocenters. The maximum atomic E-state index is 12.3. The van der Waals surface area contributed by atoms with Crippen molar-refractivity contribution in [1.29, 1.82) is 0 Å². The van der Waals surface area contributed by atoms with Crippen LogP contribution in [0.5, 0.6) is 0 Å². The summed E-state index contributed by atoms with van der Waals surface area (Å²) in [5.41, 5.74) is 0.917. The second-order valence-electron chi connectivity index (χ2n) is 5.22. The van der Waals surface area contributed by atoms with E-state index in [1.54, 1.807) is 25.1 Å². The molecule has 1 aliphatic heterocycles. The van der Waals surface area contributed by atoms with Crippen molar-refractivity contribution in [2.75, 3.05) is 11.1 Å². The van der Waals surface area contributed by atoms with Crippen LogP contribution in [-0.2, 0) is 9.59 Å². The van der Waals surface area contributed by atoms with E-state index in [-0.39, 0.29) is 11.8 Å². The zero-order valence-corrected chi connectivity index (χ0v) is 13.2. The lowest BCUT2D eigenvalue weighted by Gasteiger charge is -2.21. The van der Waals surface area contributed by atoms with E-state index in [0.29, 0.717) is 23.4 Å². The lowest BCUT2D eigenvalue weighted by atomic mass is 9.99. The van der Waals surface area contributed by atoms with Gasteiger partial charge >= 0.3 is 5.97 Å². The van der Waals surface area contributed by atoms with Crippen molar-refractivity contribution in [1.82, 2.24) is 5.32 Å². The van der Waals surface area contributed by atoms with E-state index in [1.807, 2.05) is 6.92 Å². The molecule has 1 heterocycles. The number of anilines is 1. The van der Waals surface area contributed by atoms with Gasteiger partial charge in [-0.2, -0.15) is 0 Å². The molecule has 0 saturated heterocycles. The summed E-state index contributed by atoms with van der Waals surface area (Å²) in [7, 11) is 0. The number of carbonyl (C=O) groups is 3. The Morgan fingerprint density at radius 1 is 1.45 bits per heavy atom. The molecule has 118 valence electrons. The summed E-state index contributed by atoms with van der Waals surface area (Å²) < 4.78 is 0. The lowest BCUT2D eigenvalue weighted by Crippen LogP contribution is -2.45. The van der Waals surface area contributed by atoms with Gasteiger partial charge in [0.25, 0.3) is 5.91 Å². The Kier molecular flexibility index (Phi) is 5.07. The summed E-state index contributed by atoms with van der Waals surface area (Å²) in [4.78, 5) is 35.8. The molecule has 3 N–H and O–H groups in total. The second kappa shape index (κ2) is 6.83. The normalized spacial score (nSPS) is 16.2. The highest BCUT2D eigenvalue weighted by Crippen LogP contribution is 2.32. The Morgan fingerprint density at radius 2 is 2.18 bits per heavy atom. The lowest BCUT2D eigenvalue weighted by molar-refractivity contribution is -0.140. The van der Waals surface area contributed by atoms with E-state index in [9.17, 15) is 19.5 Å². The number of rotatable bonds is 5. The van der Waals surface area contributed by atoms with Gasteiger partial charge in [-0.1, -0.05) is 20.3 Å². The first kappa shape index (κ1) is 16.4. The number of fused-ring (bicyclic) bond motifs is 1. The molecule has 0 saturated carbocycles. The average Bonchev–Trinajstić information content (AvgIpc) is 2.50. The van der Waals surface area contributed by atoms with Gasteiger partial charge in [-0.25, -0.2) is 4.79 Å². The number of benzene rings is 1. The number of carbonyl (C=O) groups excluding carboxylic acids is 2. The first-order chi connectivity index (χ1) is 10.4. The van der Waals surface area contributed by atoms with E-state index in [0.717, 1.165) is 4.90 Å². The molecule has 0 radical (unpaired) electrons. The largest absolute Gasteiger partial charge is 0.480 e. The van der Waals surface area contributed by atoms with E-state index in [4.69, 9.17) is 0 Å².